The smallest absolute Gasteiger partial charge is 0.115 e. The van der Waals surface area contributed by atoms with E-state index in [9.17, 15) is 10.3 Å². The number of nitrogens with zero attached hydrogens (tertiary/aromatic N) is 1. The van der Waals surface area contributed by atoms with Crippen LogP contribution in [0.25, 0.3) is 0 Å². The summed E-state index contributed by atoms with van der Waals surface area (Å²) in [6.45, 7) is 9.87. The van der Waals surface area contributed by atoms with Crippen molar-refractivity contribution >= 4 is 0 Å². The Hall–Kier alpha value is -1.32. The Bertz CT molecular complexity index is 620. The van der Waals surface area contributed by atoms with Crippen LogP contribution in [0.15, 0.2) is 29.8 Å². The van der Waals surface area contributed by atoms with Crippen LogP contribution >= 0.6 is 0 Å². The first kappa shape index (κ1) is 15.6. The summed E-state index contributed by atoms with van der Waals surface area (Å²) in [6, 6.07) is 5.80. The normalized spacial score (nSPS) is 36.6. The molecule has 1 aromatic carbocycles. The molecule has 2 aliphatic rings. The van der Waals surface area contributed by atoms with Crippen molar-refractivity contribution in [3.63, 3.8) is 0 Å². The number of hydroxylamine groups is 3. The lowest BCUT2D eigenvalue weighted by Gasteiger charge is -2.61. The zero-order valence-corrected chi connectivity index (χ0v) is 14.1. The Labute approximate surface area is 133 Å². The van der Waals surface area contributed by atoms with Crippen molar-refractivity contribution in [3.8, 4) is 5.75 Å². The largest absolute Gasteiger partial charge is 0.632 e. The molecule has 120 valence electrons. The molecule has 3 nitrogen and oxygen atoms in total. The number of allylic oxidation sites excluding steroid dienone is 1. The Morgan fingerprint density at radius 3 is 2.86 bits per heavy atom. The lowest BCUT2D eigenvalue weighted by Crippen LogP contribution is -2.65. The van der Waals surface area contributed by atoms with Crippen molar-refractivity contribution in [2.24, 2.45) is 5.92 Å². The van der Waals surface area contributed by atoms with Crippen LogP contribution in [0.4, 0.5) is 0 Å². The molecule has 2 bridgehead atoms. The third-order valence-corrected chi connectivity index (χ3v) is 6.14. The molecular weight excluding hydrogens is 274 g/mol. The van der Waals surface area contributed by atoms with Gasteiger partial charge in [-0.25, -0.2) is 0 Å². The van der Waals surface area contributed by atoms with Crippen molar-refractivity contribution < 1.29 is 9.75 Å². The molecule has 0 radical (unpaired) electrons. The highest BCUT2D eigenvalue weighted by Crippen LogP contribution is 2.51. The van der Waals surface area contributed by atoms with Gasteiger partial charge in [0.1, 0.15) is 5.75 Å². The molecule has 1 aliphatic heterocycles. The van der Waals surface area contributed by atoms with E-state index in [2.05, 4.69) is 33.8 Å². The van der Waals surface area contributed by atoms with Gasteiger partial charge in [0.05, 0.1) is 19.1 Å². The Morgan fingerprint density at radius 1 is 1.45 bits per heavy atom. The predicted molar refractivity (Wildman–Crippen MR) is 89.5 cm³/mol. The van der Waals surface area contributed by atoms with Crippen molar-refractivity contribution in [2.45, 2.75) is 52.0 Å². The van der Waals surface area contributed by atoms with Crippen LogP contribution in [0.5, 0.6) is 5.75 Å². The SMILES string of the molecule is CC(C)=CC[N+]1([O-])CC[C@]2(C)c3cc(O)ccc3C[C@@H]1[C@H]2C. The number of rotatable bonds is 2. The van der Waals surface area contributed by atoms with Crippen LogP contribution in [0.1, 0.15) is 45.2 Å². The van der Waals surface area contributed by atoms with E-state index in [-0.39, 0.29) is 16.1 Å². The van der Waals surface area contributed by atoms with Gasteiger partial charge < -0.3 is 15.0 Å². The van der Waals surface area contributed by atoms with Gasteiger partial charge in [0.25, 0.3) is 0 Å². The number of fused-ring (bicyclic) bond motifs is 4. The van der Waals surface area contributed by atoms with Crippen LogP contribution in [-0.2, 0) is 11.8 Å². The summed E-state index contributed by atoms with van der Waals surface area (Å²) in [5.41, 5.74) is 3.73. The monoisotopic (exact) mass is 301 g/mol. The van der Waals surface area contributed by atoms with Crippen LogP contribution < -0.4 is 0 Å². The van der Waals surface area contributed by atoms with Gasteiger partial charge in [-0.05, 0) is 43.2 Å². The maximum absolute atomic E-state index is 13.4. The van der Waals surface area contributed by atoms with Gasteiger partial charge in [-0.3, -0.25) is 0 Å². The average Bonchev–Trinajstić information content (AvgIpc) is 2.46. The first-order valence-corrected chi connectivity index (χ1v) is 8.30. The molecular formula is C19H27NO2. The quantitative estimate of drug-likeness (QED) is 0.511. The molecule has 3 heteroatoms. The Kier molecular flexibility index (Phi) is 3.61. The first-order valence-electron chi connectivity index (χ1n) is 8.30. The summed E-state index contributed by atoms with van der Waals surface area (Å²) in [7, 11) is 0. The van der Waals surface area contributed by atoms with Gasteiger partial charge in [0.2, 0.25) is 0 Å². The fraction of sp³-hybridized carbons (Fsp3) is 0.579. The molecule has 22 heavy (non-hydrogen) atoms. The lowest BCUT2D eigenvalue weighted by atomic mass is 9.59. The molecule has 1 unspecified atom stereocenters. The molecule has 1 aliphatic carbocycles. The van der Waals surface area contributed by atoms with E-state index in [0.717, 1.165) is 12.8 Å². The van der Waals surface area contributed by atoms with Crippen molar-refractivity contribution in [3.05, 3.63) is 46.2 Å². The van der Waals surface area contributed by atoms with Gasteiger partial charge in [-0.1, -0.05) is 25.5 Å². The van der Waals surface area contributed by atoms with Crippen molar-refractivity contribution in [1.29, 1.82) is 0 Å². The minimum atomic E-state index is -0.0950. The molecule has 0 aromatic heterocycles. The highest BCUT2D eigenvalue weighted by atomic mass is 16.5. The highest BCUT2D eigenvalue weighted by Gasteiger charge is 2.53. The second kappa shape index (κ2) is 5.10. The van der Waals surface area contributed by atoms with Gasteiger partial charge >= 0.3 is 0 Å². The number of benzene rings is 1. The number of aromatic hydroxyl groups is 1. The third kappa shape index (κ3) is 2.27. The van der Waals surface area contributed by atoms with Gasteiger partial charge in [0, 0.05) is 24.2 Å². The van der Waals surface area contributed by atoms with Crippen LogP contribution in [0.2, 0.25) is 0 Å². The fourth-order valence-corrected chi connectivity index (χ4v) is 4.43. The minimum Gasteiger partial charge on any atom is -0.632 e. The molecule has 4 atom stereocenters. The van der Waals surface area contributed by atoms with Crippen molar-refractivity contribution in [2.75, 3.05) is 13.1 Å². The van der Waals surface area contributed by atoms with E-state index < -0.39 is 0 Å². The molecule has 1 aromatic rings. The second-order valence-electron chi connectivity index (χ2n) is 7.71. The summed E-state index contributed by atoms with van der Waals surface area (Å²) in [6.07, 6.45) is 3.81. The summed E-state index contributed by atoms with van der Waals surface area (Å²) >= 11 is 0. The van der Waals surface area contributed by atoms with Crippen LogP contribution in [0.3, 0.4) is 0 Å². The van der Waals surface area contributed by atoms with Gasteiger partial charge in [0.15, 0.2) is 0 Å². The summed E-state index contributed by atoms with van der Waals surface area (Å²) < 4.78 is -0.0950. The Morgan fingerprint density at radius 2 is 2.18 bits per heavy atom. The average molecular weight is 301 g/mol. The topological polar surface area (TPSA) is 43.3 Å². The molecule has 0 saturated carbocycles. The molecule has 0 spiro atoms. The van der Waals surface area contributed by atoms with E-state index in [1.54, 1.807) is 6.07 Å². The van der Waals surface area contributed by atoms with Gasteiger partial charge in [-0.15, -0.1) is 0 Å². The second-order valence-corrected chi connectivity index (χ2v) is 7.71. The minimum absolute atomic E-state index is 0.00806. The van der Waals surface area contributed by atoms with Crippen LogP contribution in [-0.4, -0.2) is 28.9 Å². The van der Waals surface area contributed by atoms with E-state index in [1.807, 2.05) is 12.1 Å². The number of hydrogen-bond acceptors (Lipinski definition) is 2. The lowest BCUT2D eigenvalue weighted by molar-refractivity contribution is -0.911. The standard InChI is InChI=1S/C19H27NO2/c1-13(2)7-9-20(22)10-8-19(4)14(3)18(20)11-15-5-6-16(21)12-17(15)19/h5-7,12,14,18,21H,8-11H2,1-4H3/t14-,18-,19+,20?/m1/s1. The molecule has 1 saturated heterocycles. The molecule has 1 fully saturated rings. The maximum Gasteiger partial charge on any atom is 0.115 e. The van der Waals surface area contributed by atoms with Crippen molar-refractivity contribution in [1.82, 2.24) is 0 Å². The maximum atomic E-state index is 13.4. The highest BCUT2D eigenvalue weighted by molar-refractivity contribution is 5.43. The molecule has 3 rings (SSSR count). The van der Waals surface area contributed by atoms with E-state index in [4.69, 9.17) is 0 Å². The third-order valence-electron chi connectivity index (χ3n) is 6.14. The van der Waals surface area contributed by atoms with E-state index >= 15 is 0 Å². The van der Waals surface area contributed by atoms with Gasteiger partial charge in [-0.2, -0.15) is 0 Å². The number of likely N-dealkylation sites (tertiary alicyclic amines) is 1. The predicted octanol–water partition coefficient (Wildman–Crippen LogP) is 3.90. The zero-order valence-electron chi connectivity index (χ0n) is 14.1. The summed E-state index contributed by atoms with van der Waals surface area (Å²) in [5, 5.41) is 23.3. The summed E-state index contributed by atoms with van der Waals surface area (Å²) in [4.78, 5) is 0. The number of phenolic OH excluding ortho intramolecular Hbond substituents is 1. The number of piperidine rings is 1. The molecule has 1 N–H and O–H groups in total. The van der Waals surface area contributed by atoms with Crippen LogP contribution in [0, 0.1) is 11.1 Å². The first-order chi connectivity index (χ1) is 10.3. The fourth-order valence-electron chi connectivity index (χ4n) is 4.43. The van der Waals surface area contributed by atoms with E-state index in [1.165, 1.54) is 16.7 Å². The zero-order chi connectivity index (χ0) is 16.1. The van der Waals surface area contributed by atoms with E-state index in [0.29, 0.717) is 24.8 Å². The number of hydrogen-bond donors (Lipinski definition) is 1. The Balaban J connectivity index is 2.02. The molecule has 1 heterocycles. The number of quaternary nitrogens is 1. The number of phenols is 1. The molecule has 0 amide bonds. The summed E-state index contributed by atoms with van der Waals surface area (Å²) in [5.74, 6) is 0.669.